The maximum absolute atomic E-state index is 10.1. The van der Waals surface area contributed by atoms with Gasteiger partial charge in [0.1, 0.15) is 5.60 Å². The number of hydrogen-bond acceptors (Lipinski definition) is 11. The summed E-state index contributed by atoms with van der Waals surface area (Å²) in [6, 6.07) is 0. The van der Waals surface area contributed by atoms with Crippen molar-refractivity contribution in [1.82, 2.24) is 0 Å². The first-order chi connectivity index (χ1) is 9.24. The first-order valence-corrected chi connectivity index (χ1v) is 4.93. The van der Waals surface area contributed by atoms with Gasteiger partial charge in [-0.15, -0.1) is 0 Å². The highest BCUT2D eigenvalue weighted by molar-refractivity contribution is 5.86. The number of rotatable bonds is 5. The van der Waals surface area contributed by atoms with Crippen molar-refractivity contribution >= 4 is 29.8 Å². The fraction of sp³-hybridized carbons (Fsp3) is 0.500. The number of carboxylic acid groups (broad SMARTS) is 5. The lowest BCUT2D eigenvalue weighted by atomic mass is 9.96. The number of aliphatic hydroxyl groups is 1. The normalized spacial score (nSPS) is 9.10. The molecule has 0 aromatic carbocycles. The molecular weight excluding hydrogens is 296 g/mol. The van der Waals surface area contributed by atoms with Crippen LogP contribution in [0, 0.1) is 0 Å². The van der Waals surface area contributed by atoms with E-state index in [9.17, 15) is 29.7 Å². The Bertz CT molecular complexity index is 362. The highest BCUT2D eigenvalue weighted by atomic mass is 16.4. The van der Waals surface area contributed by atoms with Gasteiger partial charge in [-0.1, -0.05) is 0 Å². The van der Waals surface area contributed by atoms with Crippen LogP contribution < -0.4 is 25.5 Å². The fourth-order valence-corrected chi connectivity index (χ4v) is 0.684. The van der Waals surface area contributed by atoms with E-state index in [1.807, 2.05) is 0 Å². The van der Waals surface area contributed by atoms with Gasteiger partial charge in [-0.3, -0.25) is 0 Å². The van der Waals surface area contributed by atoms with Gasteiger partial charge < -0.3 is 54.6 Å². The summed E-state index contributed by atoms with van der Waals surface area (Å²) in [7, 11) is 0. The van der Waals surface area contributed by atoms with Gasteiger partial charge in [-0.25, -0.2) is 0 Å². The van der Waals surface area contributed by atoms with E-state index in [1.54, 1.807) is 0 Å². The number of carboxylic acids is 5. The van der Waals surface area contributed by atoms with E-state index in [0.717, 1.165) is 13.8 Å². The molecule has 11 heteroatoms. The zero-order valence-corrected chi connectivity index (χ0v) is 10.9. The fourth-order valence-electron chi connectivity index (χ4n) is 0.684. The molecule has 0 aliphatic carbocycles. The monoisotopic (exact) mass is 307 g/mol. The molecule has 21 heavy (non-hydrogen) atoms. The van der Waals surface area contributed by atoms with Crippen LogP contribution in [0.2, 0.25) is 0 Å². The van der Waals surface area contributed by atoms with Crippen LogP contribution in [-0.4, -0.2) is 40.6 Å². The molecule has 0 saturated carbocycles. The van der Waals surface area contributed by atoms with Crippen LogP contribution in [0.4, 0.5) is 0 Å². The van der Waals surface area contributed by atoms with Crippen molar-refractivity contribution in [2.75, 3.05) is 0 Å². The number of hydrogen-bond donors (Lipinski definition) is 1. The molecular formula is C10H11O11-5. The second-order valence-electron chi connectivity index (χ2n) is 3.40. The highest BCUT2D eigenvalue weighted by Crippen LogP contribution is 2.13. The third kappa shape index (κ3) is 22.9. The summed E-state index contributed by atoms with van der Waals surface area (Å²) in [6.45, 7) is 1.94. The second-order valence-corrected chi connectivity index (χ2v) is 3.40. The summed E-state index contributed by atoms with van der Waals surface area (Å²) in [6.07, 6.45) is -2.72. The lowest BCUT2D eigenvalue weighted by molar-refractivity contribution is -0.339. The summed E-state index contributed by atoms with van der Waals surface area (Å²) in [5.41, 5.74) is -2.97. The minimum Gasteiger partial charge on any atom is -0.550 e. The highest BCUT2D eigenvalue weighted by Gasteiger charge is 2.29. The minimum absolute atomic E-state index is 0.972. The predicted molar refractivity (Wildman–Crippen MR) is 50.6 cm³/mol. The molecule has 0 aromatic rings. The summed E-state index contributed by atoms with van der Waals surface area (Å²) in [4.78, 5) is 47.8. The Labute approximate surface area is 118 Å². The van der Waals surface area contributed by atoms with Crippen molar-refractivity contribution in [3.05, 3.63) is 0 Å². The molecule has 0 fully saturated rings. The van der Waals surface area contributed by atoms with Gasteiger partial charge in [0.2, 0.25) is 0 Å². The van der Waals surface area contributed by atoms with E-state index in [-0.39, 0.29) is 0 Å². The Balaban J connectivity index is -0.000000334. The van der Waals surface area contributed by atoms with Crippen LogP contribution in [0.15, 0.2) is 0 Å². The summed E-state index contributed by atoms with van der Waals surface area (Å²) in [5.74, 6) is -8.15. The molecule has 11 nitrogen and oxygen atoms in total. The van der Waals surface area contributed by atoms with Crippen LogP contribution in [0.25, 0.3) is 0 Å². The molecule has 0 spiro atoms. The van der Waals surface area contributed by atoms with E-state index >= 15 is 0 Å². The third-order valence-corrected chi connectivity index (χ3v) is 1.25. The molecule has 0 atom stereocenters. The lowest BCUT2D eigenvalue weighted by Gasteiger charge is -2.29. The van der Waals surface area contributed by atoms with Gasteiger partial charge in [0.15, 0.2) is 0 Å². The molecule has 0 aliphatic rings. The smallest absolute Gasteiger partial charge is 0.114 e. The predicted octanol–water partition coefficient (Wildman–Crippen LogP) is -7.74. The largest absolute Gasteiger partial charge is 0.550 e. The van der Waals surface area contributed by atoms with Gasteiger partial charge in [0, 0.05) is 36.7 Å². The van der Waals surface area contributed by atoms with Crippen LogP contribution in [-0.2, 0) is 24.0 Å². The van der Waals surface area contributed by atoms with E-state index in [2.05, 4.69) is 0 Å². The zero-order chi connectivity index (χ0) is 17.8. The Hall–Kier alpha value is -2.69. The quantitative estimate of drug-likeness (QED) is 0.502. The van der Waals surface area contributed by atoms with Gasteiger partial charge >= 0.3 is 0 Å². The van der Waals surface area contributed by atoms with Crippen molar-refractivity contribution < 1.29 is 54.6 Å². The van der Waals surface area contributed by atoms with Crippen molar-refractivity contribution in [3.8, 4) is 0 Å². The maximum Gasteiger partial charge on any atom is 0.114 e. The van der Waals surface area contributed by atoms with E-state index in [4.69, 9.17) is 24.9 Å². The molecule has 0 rings (SSSR count). The average Bonchev–Trinajstić information content (AvgIpc) is 2.11. The Morgan fingerprint density at radius 3 is 1.05 bits per heavy atom. The molecule has 0 unspecified atom stereocenters. The van der Waals surface area contributed by atoms with Crippen molar-refractivity contribution in [2.24, 2.45) is 0 Å². The average molecular weight is 307 g/mol. The maximum atomic E-state index is 10.1. The number of aliphatic carboxylic acids is 5. The van der Waals surface area contributed by atoms with Crippen LogP contribution in [0.3, 0.4) is 0 Å². The lowest BCUT2D eigenvalue weighted by Crippen LogP contribution is -2.54. The van der Waals surface area contributed by atoms with Crippen molar-refractivity contribution in [1.29, 1.82) is 0 Å². The van der Waals surface area contributed by atoms with Crippen molar-refractivity contribution in [3.63, 3.8) is 0 Å². The topological polar surface area (TPSA) is 221 Å². The molecule has 0 aliphatic heterocycles. The zero-order valence-electron chi connectivity index (χ0n) is 10.9. The van der Waals surface area contributed by atoms with Crippen LogP contribution in [0.1, 0.15) is 26.7 Å². The molecule has 0 saturated heterocycles. The molecule has 0 heterocycles. The van der Waals surface area contributed by atoms with Gasteiger partial charge in [0.05, 0.1) is 5.97 Å². The molecule has 0 bridgehead atoms. The Morgan fingerprint density at radius 2 is 0.952 bits per heavy atom. The van der Waals surface area contributed by atoms with Crippen LogP contribution in [0.5, 0.6) is 0 Å². The summed E-state index contributed by atoms with van der Waals surface area (Å²) < 4.78 is 0. The Kier molecular flexibility index (Phi) is 12.4. The van der Waals surface area contributed by atoms with E-state index < -0.39 is 48.3 Å². The Morgan fingerprint density at radius 1 is 0.762 bits per heavy atom. The molecule has 0 radical (unpaired) electrons. The third-order valence-electron chi connectivity index (χ3n) is 1.25. The summed E-state index contributed by atoms with van der Waals surface area (Å²) in [5, 5.41) is 56.7. The van der Waals surface area contributed by atoms with Gasteiger partial charge in [-0.2, -0.15) is 0 Å². The van der Waals surface area contributed by atoms with Crippen LogP contribution >= 0.6 is 0 Å². The molecule has 1 N–H and O–H groups in total. The first kappa shape index (κ1) is 23.4. The van der Waals surface area contributed by atoms with Crippen molar-refractivity contribution in [2.45, 2.75) is 32.3 Å². The molecule has 0 aromatic heterocycles. The summed E-state index contributed by atoms with van der Waals surface area (Å²) >= 11 is 0. The number of carbonyl (C=O) groups excluding carboxylic acids is 5. The second kappa shape index (κ2) is 11.2. The van der Waals surface area contributed by atoms with E-state index in [1.165, 1.54) is 0 Å². The standard InChI is InChI=1S/C6H8O7.2C2H4O2/c7-3(8)1-6(13,5(11)12)2-4(9)10;2*1-2(3)4/h13H,1-2H2,(H,7,8)(H,9,10)(H,11,12);2*1H3,(H,3,4)/p-5. The first-order valence-electron chi connectivity index (χ1n) is 4.93. The number of carbonyl (C=O) groups is 5. The molecule has 0 amide bonds. The SMILES string of the molecule is CC(=O)[O-].CC(=O)[O-].O=C([O-])CC(O)(CC(=O)[O-])C(=O)[O-]. The molecule has 122 valence electrons. The van der Waals surface area contributed by atoms with Gasteiger partial charge in [-0.05, 0) is 13.8 Å². The van der Waals surface area contributed by atoms with E-state index in [0.29, 0.717) is 0 Å². The minimum atomic E-state index is -2.97. The van der Waals surface area contributed by atoms with Gasteiger partial charge in [0.25, 0.3) is 0 Å².